The average molecular weight is 158 g/mol. The second kappa shape index (κ2) is 4.70. The van der Waals surface area contributed by atoms with Gasteiger partial charge in [0.05, 0.1) is 6.61 Å². The van der Waals surface area contributed by atoms with Crippen molar-refractivity contribution in [3.8, 4) is 0 Å². The zero-order valence-electron chi connectivity index (χ0n) is 7.47. The van der Waals surface area contributed by atoms with Gasteiger partial charge in [0.1, 0.15) is 0 Å². The molecule has 0 bridgehead atoms. The van der Waals surface area contributed by atoms with Crippen molar-refractivity contribution in [1.29, 1.82) is 0 Å². The molecule has 0 amide bonds. The summed E-state index contributed by atoms with van der Waals surface area (Å²) < 4.78 is 5.10. The maximum Gasteiger partial charge on any atom is 0.0628 e. The Bertz CT molecular complexity index is 108. The van der Waals surface area contributed by atoms with Crippen molar-refractivity contribution < 1.29 is 4.74 Å². The highest BCUT2D eigenvalue weighted by Crippen LogP contribution is 1.97. The van der Waals surface area contributed by atoms with Crippen LogP contribution in [0.2, 0.25) is 0 Å². The first-order valence-electron chi connectivity index (χ1n) is 4.24. The van der Waals surface area contributed by atoms with Crippen LogP contribution in [0.25, 0.3) is 0 Å². The molecule has 0 aromatic rings. The Morgan fingerprint density at radius 1 is 1.64 bits per heavy atom. The molecule has 1 rings (SSSR count). The van der Waals surface area contributed by atoms with Crippen molar-refractivity contribution in [1.82, 2.24) is 10.2 Å². The van der Waals surface area contributed by atoms with Crippen molar-refractivity contribution in [2.75, 3.05) is 40.4 Å². The second-order valence-corrected chi connectivity index (χ2v) is 3.22. The van der Waals surface area contributed by atoms with Crippen molar-refractivity contribution in [3.05, 3.63) is 0 Å². The van der Waals surface area contributed by atoms with E-state index in [4.69, 9.17) is 4.74 Å². The first-order chi connectivity index (χ1) is 5.33. The van der Waals surface area contributed by atoms with Gasteiger partial charge in [0.15, 0.2) is 0 Å². The number of nitrogens with one attached hydrogen (secondary N) is 1. The number of rotatable bonds is 2. The van der Waals surface area contributed by atoms with Crippen LogP contribution in [-0.4, -0.2) is 51.3 Å². The molecule has 1 unspecified atom stereocenters. The van der Waals surface area contributed by atoms with Gasteiger partial charge in [-0.05, 0) is 26.6 Å². The lowest BCUT2D eigenvalue weighted by Crippen LogP contribution is -2.39. The summed E-state index contributed by atoms with van der Waals surface area (Å²) in [6.45, 7) is 4.25. The largest absolute Gasteiger partial charge is 0.383 e. The Kier molecular flexibility index (Phi) is 3.83. The van der Waals surface area contributed by atoms with Crippen molar-refractivity contribution in [2.45, 2.75) is 12.5 Å². The number of nitrogens with zero attached hydrogens (tertiary/aromatic N) is 1. The van der Waals surface area contributed by atoms with E-state index < -0.39 is 0 Å². The monoisotopic (exact) mass is 158 g/mol. The summed E-state index contributed by atoms with van der Waals surface area (Å²) in [7, 11) is 3.92. The Hall–Kier alpha value is -0.120. The predicted molar refractivity (Wildman–Crippen MR) is 45.8 cm³/mol. The SMILES string of the molecule is COCC1CN(C)CCCN1. The molecule has 3 nitrogen and oxygen atoms in total. The maximum atomic E-state index is 5.10. The molecule has 0 aromatic carbocycles. The molecule has 1 aliphatic heterocycles. The molecular formula is C8H18N2O. The topological polar surface area (TPSA) is 24.5 Å². The minimum atomic E-state index is 0.521. The predicted octanol–water partition coefficient (Wildman–Crippen LogP) is -0.0735. The smallest absolute Gasteiger partial charge is 0.0628 e. The fourth-order valence-electron chi connectivity index (χ4n) is 1.50. The van der Waals surface area contributed by atoms with Gasteiger partial charge in [0, 0.05) is 19.7 Å². The van der Waals surface area contributed by atoms with E-state index in [1.54, 1.807) is 7.11 Å². The third-order valence-corrected chi connectivity index (χ3v) is 2.05. The molecule has 1 heterocycles. The third-order valence-electron chi connectivity index (χ3n) is 2.05. The van der Waals surface area contributed by atoms with Gasteiger partial charge in [-0.25, -0.2) is 0 Å². The van der Waals surface area contributed by atoms with Gasteiger partial charge in [0.25, 0.3) is 0 Å². The lowest BCUT2D eigenvalue weighted by Gasteiger charge is -2.19. The van der Waals surface area contributed by atoms with Gasteiger partial charge in [-0.3, -0.25) is 0 Å². The van der Waals surface area contributed by atoms with Crippen molar-refractivity contribution >= 4 is 0 Å². The van der Waals surface area contributed by atoms with Crippen molar-refractivity contribution in [2.24, 2.45) is 0 Å². The van der Waals surface area contributed by atoms with Gasteiger partial charge in [-0.1, -0.05) is 0 Å². The number of hydrogen-bond donors (Lipinski definition) is 1. The molecule has 66 valence electrons. The summed E-state index contributed by atoms with van der Waals surface area (Å²) in [5.41, 5.74) is 0. The Morgan fingerprint density at radius 3 is 3.18 bits per heavy atom. The molecule has 1 N–H and O–H groups in total. The van der Waals surface area contributed by atoms with E-state index in [0.29, 0.717) is 6.04 Å². The molecule has 3 heteroatoms. The highest BCUT2D eigenvalue weighted by atomic mass is 16.5. The molecule has 0 aliphatic carbocycles. The normalized spacial score (nSPS) is 28.4. The van der Waals surface area contributed by atoms with Gasteiger partial charge >= 0.3 is 0 Å². The van der Waals surface area contributed by atoms with Crippen LogP contribution in [0.1, 0.15) is 6.42 Å². The lowest BCUT2D eigenvalue weighted by molar-refractivity contribution is 0.154. The summed E-state index contributed by atoms with van der Waals surface area (Å²) in [6, 6.07) is 0.521. The van der Waals surface area contributed by atoms with Gasteiger partial charge in [-0.15, -0.1) is 0 Å². The molecule has 1 atom stereocenters. The summed E-state index contributed by atoms with van der Waals surface area (Å²) in [5.74, 6) is 0. The van der Waals surface area contributed by atoms with Crippen LogP contribution >= 0.6 is 0 Å². The van der Waals surface area contributed by atoms with E-state index in [1.165, 1.54) is 13.0 Å². The quantitative estimate of drug-likeness (QED) is 0.608. The van der Waals surface area contributed by atoms with Crippen LogP contribution in [0.4, 0.5) is 0 Å². The van der Waals surface area contributed by atoms with Crippen LogP contribution in [0.3, 0.4) is 0 Å². The lowest BCUT2D eigenvalue weighted by atomic mass is 10.3. The molecule has 0 aromatic heterocycles. The summed E-state index contributed by atoms with van der Waals surface area (Å²) in [5, 5.41) is 3.45. The first kappa shape index (κ1) is 8.97. The molecule has 11 heavy (non-hydrogen) atoms. The number of hydrogen-bond acceptors (Lipinski definition) is 3. The van der Waals surface area contributed by atoms with E-state index in [1.807, 2.05) is 0 Å². The van der Waals surface area contributed by atoms with Crippen LogP contribution in [0.15, 0.2) is 0 Å². The van der Waals surface area contributed by atoms with E-state index in [-0.39, 0.29) is 0 Å². The minimum absolute atomic E-state index is 0.521. The second-order valence-electron chi connectivity index (χ2n) is 3.22. The fraction of sp³-hybridized carbons (Fsp3) is 1.00. The molecule has 1 saturated heterocycles. The van der Waals surface area contributed by atoms with Gasteiger partial charge < -0.3 is 15.0 Å². The molecule has 1 fully saturated rings. The Morgan fingerprint density at radius 2 is 2.45 bits per heavy atom. The Labute approximate surface area is 68.7 Å². The first-order valence-corrected chi connectivity index (χ1v) is 4.24. The summed E-state index contributed by atoms with van der Waals surface area (Å²) in [4.78, 5) is 2.35. The molecule has 0 spiro atoms. The Balaban J connectivity index is 2.27. The van der Waals surface area contributed by atoms with Gasteiger partial charge in [0.2, 0.25) is 0 Å². The highest BCUT2D eigenvalue weighted by Gasteiger charge is 2.13. The fourth-order valence-corrected chi connectivity index (χ4v) is 1.50. The zero-order chi connectivity index (χ0) is 8.10. The van der Waals surface area contributed by atoms with Crippen LogP contribution in [0.5, 0.6) is 0 Å². The maximum absolute atomic E-state index is 5.10. The van der Waals surface area contributed by atoms with Crippen LogP contribution < -0.4 is 5.32 Å². The van der Waals surface area contributed by atoms with E-state index in [0.717, 1.165) is 19.7 Å². The minimum Gasteiger partial charge on any atom is -0.383 e. The number of methoxy groups -OCH3 is 1. The van der Waals surface area contributed by atoms with Gasteiger partial charge in [-0.2, -0.15) is 0 Å². The average Bonchev–Trinajstić information content (AvgIpc) is 2.15. The van der Waals surface area contributed by atoms with Crippen molar-refractivity contribution in [3.63, 3.8) is 0 Å². The molecular weight excluding hydrogens is 140 g/mol. The molecule has 0 radical (unpaired) electrons. The van der Waals surface area contributed by atoms with Crippen LogP contribution in [-0.2, 0) is 4.74 Å². The molecule has 1 aliphatic rings. The van der Waals surface area contributed by atoms with Crippen LogP contribution in [0, 0.1) is 0 Å². The van der Waals surface area contributed by atoms with E-state index in [2.05, 4.69) is 17.3 Å². The number of ether oxygens (including phenoxy) is 1. The standard InChI is InChI=1S/C8H18N2O/c1-10-5-3-4-9-8(6-10)7-11-2/h8-9H,3-7H2,1-2H3. The summed E-state index contributed by atoms with van der Waals surface area (Å²) in [6.07, 6.45) is 1.25. The summed E-state index contributed by atoms with van der Waals surface area (Å²) >= 11 is 0. The zero-order valence-corrected chi connectivity index (χ0v) is 7.47. The van der Waals surface area contributed by atoms with E-state index in [9.17, 15) is 0 Å². The third kappa shape index (κ3) is 3.18. The van der Waals surface area contributed by atoms with E-state index >= 15 is 0 Å². The number of likely N-dealkylation sites (N-methyl/N-ethyl adjacent to an activating group) is 1. The molecule has 0 saturated carbocycles. The highest BCUT2D eigenvalue weighted by molar-refractivity contribution is 4.73.